The van der Waals surface area contributed by atoms with Crippen LogP contribution in [0.2, 0.25) is 0 Å². The first-order valence-electron chi connectivity index (χ1n) is 8.65. The van der Waals surface area contributed by atoms with Crippen LogP contribution in [0.5, 0.6) is 0 Å². The first kappa shape index (κ1) is 20.4. The van der Waals surface area contributed by atoms with Gasteiger partial charge in [0.05, 0.1) is 28.2 Å². The number of rotatable bonds is 7. The van der Waals surface area contributed by atoms with E-state index in [0.717, 1.165) is 15.2 Å². The number of fused-ring (bicyclic) bond motifs is 1. The van der Waals surface area contributed by atoms with E-state index in [4.69, 9.17) is 0 Å². The zero-order valence-corrected chi connectivity index (χ0v) is 17.5. The molecule has 0 spiro atoms. The molecule has 9 heteroatoms. The van der Waals surface area contributed by atoms with E-state index in [-0.39, 0.29) is 17.3 Å². The third kappa shape index (κ3) is 4.74. The molecular weight excluding hydrogens is 396 g/mol. The molecule has 3 aromatic rings. The van der Waals surface area contributed by atoms with E-state index in [1.54, 1.807) is 30.4 Å². The predicted molar refractivity (Wildman–Crippen MR) is 112 cm³/mol. The van der Waals surface area contributed by atoms with Gasteiger partial charge in [-0.05, 0) is 50.8 Å². The van der Waals surface area contributed by atoms with Crippen LogP contribution in [0.3, 0.4) is 0 Å². The Bertz CT molecular complexity index is 1080. The molecule has 0 aliphatic rings. The smallest absolute Gasteiger partial charge is 0.240 e. The second-order valence-electron chi connectivity index (χ2n) is 6.48. The maximum absolute atomic E-state index is 12.4. The minimum atomic E-state index is -3.58. The molecule has 7 nitrogen and oxygen atoms in total. The van der Waals surface area contributed by atoms with Gasteiger partial charge < -0.3 is 5.32 Å². The summed E-state index contributed by atoms with van der Waals surface area (Å²) in [7, 11) is -0.379. The van der Waals surface area contributed by atoms with Gasteiger partial charge in [-0.25, -0.2) is 18.1 Å². The van der Waals surface area contributed by atoms with Gasteiger partial charge in [-0.3, -0.25) is 9.69 Å². The highest BCUT2D eigenvalue weighted by Crippen LogP contribution is 2.23. The van der Waals surface area contributed by atoms with Crippen LogP contribution in [-0.4, -0.2) is 44.8 Å². The van der Waals surface area contributed by atoms with Gasteiger partial charge in [0.1, 0.15) is 5.01 Å². The van der Waals surface area contributed by atoms with Gasteiger partial charge in [0.15, 0.2) is 0 Å². The fourth-order valence-electron chi connectivity index (χ4n) is 2.80. The topological polar surface area (TPSA) is 91.4 Å². The third-order valence-corrected chi connectivity index (χ3v) is 6.76. The summed E-state index contributed by atoms with van der Waals surface area (Å²) in [6.07, 6.45) is 0. The van der Waals surface area contributed by atoms with E-state index >= 15 is 0 Å². The Hall–Kier alpha value is -2.33. The number of aryl methyl sites for hydroxylation is 1. The van der Waals surface area contributed by atoms with Crippen molar-refractivity contribution in [2.45, 2.75) is 18.4 Å². The Morgan fingerprint density at radius 2 is 1.96 bits per heavy atom. The summed E-state index contributed by atoms with van der Waals surface area (Å²) in [5.41, 5.74) is 2.01. The first-order valence-corrected chi connectivity index (χ1v) is 11.0. The number of hydrogen-bond acceptors (Lipinski definition) is 6. The van der Waals surface area contributed by atoms with Crippen LogP contribution in [0, 0.1) is 6.92 Å². The van der Waals surface area contributed by atoms with Crippen molar-refractivity contribution >= 4 is 43.2 Å². The van der Waals surface area contributed by atoms with Crippen LogP contribution >= 0.6 is 11.3 Å². The zero-order chi connectivity index (χ0) is 20.3. The molecule has 0 fully saturated rings. The van der Waals surface area contributed by atoms with E-state index < -0.39 is 10.0 Å². The molecule has 3 rings (SSSR count). The van der Waals surface area contributed by atoms with Gasteiger partial charge in [0.25, 0.3) is 0 Å². The van der Waals surface area contributed by atoms with Crippen molar-refractivity contribution < 1.29 is 13.2 Å². The number of aromatic nitrogens is 1. The number of likely N-dealkylation sites (N-methyl/N-ethyl adjacent to an activating group) is 1. The van der Waals surface area contributed by atoms with Crippen molar-refractivity contribution in [1.29, 1.82) is 0 Å². The molecule has 0 bridgehead atoms. The highest BCUT2D eigenvalue weighted by molar-refractivity contribution is 7.89. The Morgan fingerprint density at radius 3 is 2.68 bits per heavy atom. The lowest BCUT2D eigenvalue weighted by atomic mass is 10.2. The van der Waals surface area contributed by atoms with Gasteiger partial charge in [-0.15, -0.1) is 11.3 Å². The number of anilines is 1. The number of hydrogen-bond donors (Lipinski definition) is 2. The zero-order valence-electron chi connectivity index (χ0n) is 15.9. The Labute approximate surface area is 168 Å². The standard InChI is InChI=1S/C19H22N4O3S2/c1-13-8-9-14(10-17(13)28(25,26)20-2)21-18(24)11-23(3)12-19-22-15-6-4-5-7-16(15)27-19/h4-10,20H,11-12H2,1-3H3,(H,21,24). The maximum atomic E-state index is 12.4. The highest BCUT2D eigenvalue weighted by Gasteiger charge is 2.16. The molecule has 0 aliphatic carbocycles. The number of benzene rings is 2. The summed E-state index contributed by atoms with van der Waals surface area (Å²) in [6, 6.07) is 12.7. The van der Waals surface area contributed by atoms with Crippen molar-refractivity contribution in [3.05, 3.63) is 53.0 Å². The molecule has 0 unspecified atom stereocenters. The molecular formula is C19H22N4O3S2. The quantitative estimate of drug-likeness (QED) is 0.615. The molecule has 1 aromatic heterocycles. The van der Waals surface area contributed by atoms with Crippen molar-refractivity contribution in [2.24, 2.45) is 0 Å². The van der Waals surface area contributed by atoms with Crippen LogP contribution < -0.4 is 10.0 Å². The largest absolute Gasteiger partial charge is 0.325 e. The van der Waals surface area contributed by atoms with Crippen LogP contribution in [0.15, 0.2) is 47.4 Å². The van der Waals surface area contributed by atoms with Crippen molar-refractivity contribution in [3.8, 4) is 0 Å². The molecule has 28 heavy (non-hydrogen) atoms. The average molecular weight is 419 g/mol. The van der Waals surface area contributed by atoms with Crippen LogP contribution in [0.25, 0.3) is 10.2 Å². The third-order valence-electron chi connectivity index (χ3n) is 4.19. The SMILES string of the molecule is CNS(=O)(=O)c1cc(NC(=O)CN(C)Cc2nc3ccccc3s2)ccc1C. The molecule has 2 aromatic carbocycles. The summed E-state index contributed by atoms with van der Waals surface area (Å²) < 4.78 is 27.6. The molecule has 0 atom stereocenters. The molecule has 0 aliphatic heterocycles. The summed E-state index contributed by atoms with van der Waals surface area (Å²) in [5.74, 6) is -0.222. The number of para-hydroxylation sites is 1. The second-order valence-corrected chi connectivity index (χ2v) is 9.45. The Morgan fingerprint density at radius 1 is 1.21 bits per heavy atom. The predicted octanol–water partition coefficient (Wildman–Crippen LogP) is 2.58. The van der Waals surface area contributed by atoms with E-state index in [1.165, 1.54) is 13.1 Å². The summed E-state index contributed by atoms with van der Waals surface area (Å²) in [4.78, 5) is 19.0. The van der Waals surface area contributed by atoms with Crippen LogP contribution in [0.1, 0.15) is 10.6 Å². The summed E-state index contributed by atoms with van der Waals surface area (Å²) >= 11 is 1.61. The summed E-state index contributed by atoms with van der Waals surface area (Å²) in [6.45, 7) is 2.43. The number of nitrogens with one attached hydrogen (secondary N) is 2. The monoisotopic (exact) mass is 418 g/mol. The van der Waals surface area contributed by atoms with Crippen molar-refractivity contribution in [3.63, 3.8) is 0 Å². The second kappa shape index (κ2) is 8.36. The van der Waals surface area contributed by atoms with E-state index in [2.05, 4.69) is 15.0 Å². The summed E-state index contributed by atoms with van der Waals surface area (Å²) in [5, 5.41) is 3.70. The van der Waals surface area contributed by atoms with Gasteiger partial charge >= 0.3 is 0 Å². The van der Waals surface area contributed by atoms with E-state index in [1.807, 2.05) is 36.2 Å². The van der Waals surface area contributed by atoms with Crippen molar-refractivity contribution in [2.75, 3.05) is 26.0 Å². The van der Waals surface area contributed by atoms with Crippen molar-refractivity contribution in [1.82, 2.24) is 14.6 Å². The van der Waals surface area contributed by atoms with Gasteiger partial charge in [-0.1, -0.05) is 18.2 Å². The van der Waals surface area contributed by atoms with E-state index in [0.29, 0.717) is 17.8 Å². The number of thiazole rings is 1. The molecule has 0 saturated heterocycles. The first-order chi connectivity index (χ1) is 13.3. The molecule has 0 saturated carbocycles. The lowest BCUT2D eigenvalue weighted by Crippen LogP contribution is -2.30. The van der Waals surface area contributed by atoms with Gasteiger partial charge in [0, 0.05) is 5.69 Å². The van der Waals surface area contributed by atoms with Crippen LogP contribution in [0.4, 0.5) is 5.69 Å². The normalized spacial score (nSPS) is 11.9. The minimum Gasteiger partial charge on any atom is -0.325 e. The highest BCUT2D eigenvalue weighted by atomic mass is 32.2. The van der Waals surface area contributed by atoms with Gasteiger partial charge in [0.2, 0.25) is 15.9 Å². The fourth-order valence-corrected chi connectivity index (χ4v) is 4.84. The lowest BCUT2D eigenvalue weighted by molar-refractivity contribution is -0.117. The number of carbonyl (C=O) groups excluding carboxylic acids is 1. The Kier molecular flexibility index (Phi) is 6.09. The molecule has 0 radical (unpaired) electrons. The average Bonchev–Trinajstić information content (AvgIpc) is 3.05. The molecule has 1 amide bonds. The molecule has 1 heterocycles. The fraction of sp³-hybridized carbons (Fsp3) is 0.263. The molecule has 2 N–H and O–H groups in total. The van der Waals surface area contributed by atoms with Crippen LogP contribution in [-0.2, 0) is 21.4 Å². The number of sulfonamides is 1. The Balaban J connectivity index is 1.64. The molecule has 148 valence electrons. The minimum absolute atomic E-state index is 0.149. The number of nitrogens with zero attached hydrogens (tertiary/aromatic N) is 2. The van der Waals surface area contributed by atoms with E-state index in [9.17, 15) is 13.2 Å². The lowest BCUT2D eigenvalue weighted by Gasteiger charge is -2.15. The number of carbonyl (C=O) groups is 1. The maximum Gasteiger partial charge on any atom is 0.240 e. The number of amides is 1. The van der Waals surface area contributed by atoms with Gasteiger partial charge in [-0.2, -0.15) is 0 Å².